The quantitative estimate of drug-likeness (QED) is 0.817. The van der Waals surface area contributed by atoms with Crippen LogP contribution in [-0.2, 0) is 0 Å². The Hall–Kier alpha value is -0.860. The fourth-order valence-electron chi connectivity index (χ4n) is 2.57. The van der Waals surface area contributed by atoms with Crippen molar-refractivity contribution in [3.8, 4) is 0 Å². The van der Waals surface area contributed by atoms with Crippen molar-refractivity contribution in [2.45, 2.75) is 25.8 Å². The summed E-state index contributed by atoms with van der Waals surface area (Å²) < 4.78 is 0. The van der Waals surface area contributed by atoms with Gasteiger partial charge in [0.05, 0.1) is 0 Å². The van der Waals surface area contributed by atoms with Crippen LogP contribution in [0.3, 0.4) is 0 Å². The van der Waals surface area contributed by atoms with Gasteiger partial charge in [-0.3, -0.25) is 4.90 Å². The minimum Gasteiger partial charge on any atom is -0.329 e. The van der Waals surface area contributed by atoms with E-state index in [1.807, 2.05) is 0 Å². The molecule has 2 nitrogen and oxygen atoms in total. The standard InChI is InChI=1S/C13H20N2/c1-11-5-2-3-6-12(11)13-7-4-9-15(13)10-8-14/h2-3,5-6,13H,4,7-10,14H2,1H3/t13-/m0/s1. The Morgan fingerprint density at radius 1 is 1.40 bits per heavy atom. The molecule has 1 aliphatic rings. The molecule has 0 radical (unpaired) electrons. The number of aryl methyl sites for hydroxylation is 1. The van der Waals surface area contributed by atoms with E-state index in [0.29, 0.717) is 6.04 Å². The Labute approximate surface area is 92.1 Å². The first-order valence-electron chi connectivity index (χ1n) is 5.82. The number of rotatable bonds is 3. The van der Waals surface area contributed by atoms with Crippen molar-refractivity contribution >= 4 is 0 Å². The molecule has 0 saturated carbocycles. The van der Waals surface area contributed by atoms with E-state index in [0.717, 1.165) is 13.1 Å². The van der Waals surface area contributed by atoms with Gasteiger partial charge in [0.15, 0.2) is 0 Å². The van der Waals surface area contributed by atoms with Crippen LogP contribution in [0.5, 0.6) is 0 Å². The molecule has 1 aliphatic heterocycles. The van der Waals surface area contributed by atoms with Gasteiger partial charge in [0.1, 0.15) is 0 Å². The van der Waals surface area contributed by atoms with E-state index in [4.69, 9.17) is 5.73 Å². The average molecular weight is 204 g/mol. The molecular weight excluding hydrogens is 184 g/mol. The molecule has 0 amide bonds. The lowest BCUT2D eigenvalue weighted by Gasteiger charge is -2.25. The van der Waals surface area contributed by atoms with Crippen molar-refractivity contribution < 1.29 is 0 Å². The third-order valence-corrected chi connectivity index (χ3v) is 3.33. The van der Waals surface area contributed by atoms with E-state index in [1.54, 1.807) is 0 Å². The van der Waals surface area contributed by atoms with Gasteiger partial charge in [0.25, 0.3) is 0 Å². The van der Waals surface area contributed by atoms with Crippen molar-refractivity contribution in [3.63, 3.8) is 0 Å². The molecule has 2 heteroatoms. The summed E-state index contributed by atoms with van der Waals surface area (Å²) in [5, 5.41) is 0. The van der Waals surface area contributed by atoms with E-state index in [-0.39, 0.29) is 0 Å². The number of likely N-dealkylation sites (tertiary alicyclic amines) is 1. The second kappa shape index (κ2) is 4.77. The van der Waals surface area contributed by atoms with Crippen LogP contribution in [0.15, 0.2) is 24.3 Å². The molecule has 2 rings (SSSR count). The molecular formula is C13H20N2. The summed E-state index contributed by atoms with van der Waals surface area (Å²) >= 11 is 0. The van der Waals surface area contributed by atoms with Gasteiger partial charge >= 0.3 is 0 Å². The second-order valence-electron chi connectivity index (χ2n) is 4.34. The van der Waals surface area contributed by atoms with Gasteiger partial charge in [-0.2, -0.15) is 0 Å². The van der Waals surface area contributed by atoms with Crippen molar-refractivity contribution in [1.29, 1.82) is 0 Å². The molecule has 1 atom stereocenters. The summed E-state index contributed by atoms with van der Waals surface area (Å²) in [7, 11) is 0. The average Bonchev–Trinajstić information content (AvgIpc) is 2.67. The van der Waals surface area contributed by atoms with E-state index >= 15 is 0 Å². The zero-order chi connectivity index (χ0) is 10.7. The number of hydrogen-bond donors (Lipinski definition) is 1. The third kappa shape index (κ3) is 2.21. The highest BCUT2D eigenvalue weighted by atomic mass is 15.2. The van der Waals surface area contributed by atoms with E-state index in [1.165, 1.54) is 30.5 Å². The molecule has 15 heavy (non-hydrogen) atoms. The molecule has 0 aliphatic carbocycles. The molecule has 1 aromatic rings. The zero-order valence-electron chi connectivity index (χ0n) is 9.45. The third-order valence-electron chi connectivity index (χ3n) is 3.33. The van der Waals surface area contributed by atoms with Gasteiger partial charge in [-0.25, -0.2) is 0 Å². The number of benzene rings is 1. The topological polar surface area (TPSA) is 29.3 Å². The van der Waals surface area contributed by atoms with Crippen LogP contribution in [-0.4, -0.2) is 24.5 Å². The van der Waals surface area contributed by atoms with Gasteiger partial charge in [-0.15, -0.1) is 0 Å². The molecule has 0 unspecified atom stereocenters. The predicted molar refractivity (Wildman–Crippen MR) is 63.8 cm³/mol. The summed E-state index contributed by atoms with van der Waals surface area (Å²) in [5.41, 5.74) is 8.54. The van der Waals surface area contributed by atoms with Crippen LogP contribution in [0.2, 0.25) is 0 Å². The summed E-state index contributed by atoms with van der Waals surface area (Å²) in [6.07, 6.45) is 2.59. The Morgan fingerprint density at radius 2 is 2.20 bits per heavy atom. The maximum atomic E-state index is 5.65. The Balaban J connectivity index is 2.19. The molecule has 1 aromatic carbocycles. The largest absolute Gasteiger partial charge is 0.329 e. The first kappa shape index (κ1) is 10.7. The van der Waals surface area contributed by atoms with E-state index in [9.17, 15) is 0 Å². The molecule has 1 heterocycles. The van der Waals surface area contributed by atoms with Gasteiger partial charge in [0, 0.05) is 19.1 Å². The van der Waals surface area contributed by atoms with E-state index in [2.05, 4.69) is 36.1 Å². The number of hydrogen-bond acceptors (Lipinski definition) is 2. The van der Waals surface area contributed by atoms with Crippen molar-refractivity contribution in [1.82, 2.24) is 4.90 Å². The highest BCUT2D eigenvalue weighted by Gasteiger charge is 2.25. The molecule has 1 saturated heterocycles. The van der Waals surface area contributed by atoms with Crippen LogP contribution >= 0.6 is 0 Å². The van der Waals surface area contributed by atoms with Crippen LogP contribution in [0, 0.1) is 6.92 Å². The maximum Gasteiger partial charge on any atom is 0.0351 e. The summed E-state index contributed by atoms with van der Waals surface area (Å²) in [5.74, 6) is 0. The van der Waals surface area contributed by atoms with Gasteiger partial charge in [0.2, 0.25) is 0 Å². The van der Waals surface area contributed by atoms with Crippen molar-refractivity contribution in [2.24, 2.45) is 5.73 Å². The normalized spacial score (nSPS) is 22.1. The molecule has 0 aromatic heterocycles. The highest BCUT2D eigenvalue weighted by Crippen LogP contribution is 2.32. The lowest BCUT2D eigenvalue weighted by molar-refractivity contribution is 0.264. The first-order valence-corrected chi connectivity index (χ1v) is 5.82. The monoisotopic (exact) mass is 204 g/mol. The molecule has 1 fully saturated rings. The molecule has 0 spiro atoms. The van der Waals surface area contributed by atoms with Crippen LogP contribution < -0.4 is 5.73 Å². The maximum absolute atomic E-state index is 5.65. The van der Waals surface area contributed by atoms with Gasteiger partial charge < -0.3 is 5.73 Å². The molecule has 2 N–H and O–H groups in total. The SMILES string of the molecule is Cc1ccccc1[C@@H]1CCCN1CCN. The van der Waals surface area contributed by atoms with Gasteiger partial charge in [-0.1, -0.05) is 24.3 Å². The summed E-state index contributed by atoms with van der Waals surface area (Å²) in [4.78, 5) is 2.52. The fourth-order valence-corrected chi connectivity index (χ4v) is 2.57. The fraction of sp³-hybridized carbons (Fsp3) is 0.538. The number of nitrogens with two attached hydrogens (primary N) is 1. The first-order chi connectivity index (χ1) is 7.33. The van der Waals surface area contributed by atoms with Crippen molar-refractivity contribution in [2.75, 3.05) is 19.6 Å². The lowest BCUT2D eigenvalue weighted by atomic mass is 9.99. The Morgan fingerprint density at radius 3 is 2.93 bits per heavy atom. The zero-order valence-corrected chi connectivity index (χ0v) is 9.45. The molecule has 0 bridgehead atoms. The Bertz CT molecular complexity index is 322. The van der Waals surface area contributed by atoms with Crippen LogP contribution in [0.4, 0.5) is 0 Å². The predicted octanol–water partition coefficient (Wildman–Crippen LogP) is 2.09. The summed E-state index contributed by atoms with van der Waals surface area (Å²) in [6, 6.07) is 9.32. The highest BCUT2D eigenvalue weighted by molar-refractivity contribution is 5.29. The van der Waals surface area contributed by atoms with Gasteiger partial charge in [-0.05, 0) is 37.4 Å². The minimum atomic E-state index is 0.606. The smallest absolute Gasteiger partial charge is 0.0351 e. The molecule has 82 valence electrons. The Kier molecular flexibility index (Phi) is 3.39. The summed E-state index contributed by atoms with van der Waals surface area (Å²) in [6.45, 7) is 5.20. The van der Waals surface area contributed by atoms with Crippen molar-refractivity contribution in [3.05, 3.63) is 35.4 Å². The lowest BCUT2D eigenvalue weighted by Crippen LogP contribution is -2.29. The number of nitrogens with zero attached hydrogens (tertiary/aromatic N) is 1. The van der Waals surface area contributed by atoms with E-state index < -0.39 is 0 Å². The van der Waals surface area contributed by atoms with Crippen LogP contribution in [0.25, 0.3) is 0 Å². The second-order valence-corrected chi connectivity index (χ2v) is 4.34. The minimum absolute atomic E-state index is 0.606. The van der Waals surface area contributed by atoms with Crippen LogP contribution in [0.1, 0.15) is 30.0 Å².